The van der Waals surface area contributed by atoms with Crippen LogP contribution in [0.5, 0.6) is 0 Å². The maximum Gasteiger partial charge on any atom is 0.246 e. The minimum Gasteiger partial charge on any atom is -0.360 e. The van der Waals surface area contributed by atoms with Gasteiger partial charge in [0.2, 0.25) is 10.0 Å². The van der Waals surface area contributed by atoms with Crippen LogP contribution in [0.1, 0.15) is 44.6 Å². The number of rotatable bonds is 5. The Morgan fingerprint density at radius 2 is 2.14 bits per heavy atom. The van der Waals surface area contributed by atoms with Gasteiger partial charge in [-0.1, -0.05) is 11.6 Å². The molecule has 2 heterocycles. The third-order valence-electron chi connectivity index (χ3n) is 4.23. The van der Waals surface area contributed by atoms with Gasteiger partial charge in [0.1, 0.15) is 10.6 Å². The summed E-state index contributed by atoms with van der Waals surface area (Å²) in [5.41, 5.74) is 0.402. The van der Waals surface area contributed by atoms with Crippen LogP contribution in [0.25, 0.3) is 0 Å². The molecule has 1 aromatic heterocycles. The van der Waals surface area contributed by atoms with Crippen molar-refractivity contribution < 1.29 is 12.9 Å². The number of piperidine rings is 1. The lowest BCUT2D eigenvalue weighted by atomic mass is 10.0. The van der Waals surface area contributed by atoms with Crippen molar-refractivity contribution in [1.29, 1.82) is 0 Å². The average Bonchev–Trinajstić information content (AvgIpc) is 2.77. The standard InChI is InChI=1S/C14H25N3O3S/c1-10-7-5-6-8-17(10)11(2)9-15-21(18,19)14-12(3)16-20-13(14)4/h10-11,15H,5-9H2,1-4H3/t10-,11+/m0/s1. The highest BCUT2D eigenvalue weighted by Crippen LogP contribution is 2.21. The second kappa shape index (κ2) is 6.46. The predicted molar refractivity (Wildman–Crippen MR) is 80.6 cm³/mol. The quantitative estimate of drug-likeness (QED) is 0.897. The van der Waals surface area contributed by atoms with Crippen molar-refractivity contribution in [2.24, 2.45) is 0 Å². The molecular weight excluding hydrogens is 290 g/mol. The monoisotopic (exact) mass is 315 g/mol. The van der Waals surface area contributed by atoms with E-state index in [0.29, 0.717) is 24.0 Å². The van der Waals surface area contributed by atoms with Crippen LogP contribution >= 0.6 is 0 Å². The molecule has 1 aliphatic rings. The zero-order chi connectivity index (χ0) is 15.6. The predicted octanol–water partition coefficient (Wildman–Crippen LogP) is 1.83. The highest BCUT2D eigenvalue weighted by atomic mass is 32.2. The molecule has 1 aromatic rings. The number of aromatic nitrogens is 1. The van der Waals surface area contributed by atoms with E-state index < -0.39 is 10.0 Å². The minimum atomic E-state index is -3.56. The van der Waals surface area contributed by atoms with E-state index >= 15 is 0 Å². The highest BCUT2D eigenvalue weighted by molar-refractivity contribution is 7.89. The van der Waals surface area contributed by atoms with Crippen LogP contribution in [0.3, 0.4) is 0 Å². The maximum absolute atomic E-state index is 12.4. The summed E-state index contributed by atoms with van der Waals surface area (Å²) in [6.07, 6.45) is 3.63. The lowest BCUT2D eigenvalue weighted by molar-refractivity contribution is 0.116. The van der Waals surface area contributed by atoms with Gasteiger partial charge in [-0.25, -0.2) is 13.1 Å². The molecule has 0 bridgehead atoms. The van der Waals surface area contributed by atoms with Crippen molar-refractivity contribution >= 4 is 10.0 Å². The molecule has 0 radical (unpaired) electrons. The third kappa shape index (κ3) is 3.64. The van der Waals surface area contributed by atoms with E-state index in [1.165, 1.54) is 19.3 Å². The number of nitrogens with zero attached hydrogens (tertiary/aromatic N) is 2. The molecule has 2 atom stereocenters. The molecule has 0 amide bonds. The lowest BCUT2D eigenvalue weighted by Crippen LogP contribution is -2.48. The normalized spacial score (nSPS) is 22.4. The molecule has 0 aromatic carbocycles. The number of sulfonamides is 1. The molecule has 2 rings (SSSR count). The van der Waals surface area contributed by atoms with Crippen molar-refractivity contribution in [3.63, 3.8) is 0 Å². The first-order valence-corrected chi connectivity index (χ1v) is 8.99. The molecule has 0 aliphatic carbocycles. The Labute approximate surface area is 126 Å². The van der Waals surface area contributed by atoms with Crippen molar-refractivity contribution in [3.8, 4) is 0 Å². The van der Waals surface area contributed by atoms with Gasteiger partial charge in [-0.15, -0.1) is 0 Å². The van der Waals surface area contributed by atoms with E-state index in [0.717, 1.165) is 6.54 Å². The van der Waals surface area contributed by atoms with Gasteiger partial charge in [-0.3, -0.25) is 4.90 Å². The van der Waals surface area contributed by atoms with E-state index in [9.17, 15) is 8.42 Å². The maximum atomic E-state index is 12.4. The third-order valence-corrected chi connectivity index (χ3v) is 5.89. The second-order valence-electron chi connectivity index (χ2n) is 5.94. The summed E-state index contributed by atoms with van der Waals surface area (Å²) in [4.78, 5) is 2.54. The summed E-state index contributed by atoms with van der Waals surface area (Å²) in [7, 11) is -3.56. The van der Waals surface area contributed by atoms with Crippen LogP contribution in [-0.4, -0.2) is 43.6 Å². The molecule has 1 aliphatic heterocycles. The summed E-state index contributed by atoms with van der Waals surface area (Å²) in [6, 6.07) is 0.688. The van der Waals surface area contributed by atoms with Gasteiger partial charge in [-0.2, -0.15) is 0 Å². The number of hydrogen-bond donors (Lipinski definition) is 1. The fourth-order valence-electron chi connectivity index (χ4n) is 3.05. The van der Waals surface area contributed by atoms with E-state index in [2.05, 4.69) is 28.6 Å². The van der Waals surface area contributed by atoms with Gasteiger partial charge in [-0.05, 0) is 47.1 Å². The summed E-state index contributed by atoms with van der Waals surface area (Å²) in [6.45, 7) is 8.97. The van der Waals surface area contributed by atoms with E-state index in [-0.39, 0.29) is 10.9 Å². The smallest absolute Gasteiger partial charge is 0.246 e. The van der Waals surface area contributed by atoms with E-state index in [1.54, 1.807) is 13.8 Å². The Balaban J connectivity index is 2.02. The molecule has 7 heteroatoms. The average molecular weight is 315 g/mol. The van der Waals surface area contributed by atoms with Gasteiger partial charge in [0.15, 0.2) is 5.76 Å². The SMILES string of the molecule is Cc1noc(C)c1S(=O)(=O)NC[C@@H](C)N1CCCC[C@@H]1C. The summed E-state index contributed by atoms with van der Waals surface area (Å²) >= 11 is 0. The molecule has 6 nitrogen and oxygen atoms in total. The van der Waals surface area contributed by atoms with Gasteiger partial charge >= 0.3 is 0 Å². The Morgan fingerprint density at radius 1 is 1.43 bits per heavy atom. The fourth-order valence-corrected chi connectivity index (χ4v) is 4.50. The first kappa shape index (κ1) is 16.5. The molecule has 120 valence electrons. The second-order valence-corrected chi connectivity index (χ2v) is 7.64. The molecule has 0 unspecified atom stereocenters. The van der Waals surface area contributed by atoms with Gasteiger partial charge in [0.25, 0.3) is 0 Å². The number of aryl methyl sites for hydroxylation is 2. The van der Waals surface area contributed by atoms with Gasteiger partial charge in [0.05, 0.1) is 0 Å². The van der Waals surface area contributed by atoms with Crippen LogP contribution in [0.2, 0.25) is 0 Å². The Bertz CT molecular complexity index is 563. The van der Waals surface area contributed by atoms with E-state index in [1.807, 2.05) is 0 Å². The molecule has 0 saturated carbocycles. The van der Waals surface area contributed by atoms with Crippen molar-refractivity contribution in [2.45, 2.75) is 63.9 Å². The van der Waals surface area contributed by atoms with Crippen LogP contribution < -0.4 is 4.72 Å². The van der Waals surface area contributed by atoms with Gasteiger partial charge < -0.3 is 4.52 Å². The van der Waals surface area contributed by atoms with E-state index in [4.69, 9.17) is 4.52 Å². The van der Waals surface area contributed by atoms with Crippen molar-refractivity contribution in [3.05, 3.63) is 11.5 Å². The van der Waals surface area contributed by atoms with Crippen LogP contribution in [0.4, 0.5) is 0 Å². The Morgan fingerprint density at radius 3 is 2.71 bits per heavy atom. The Kier molecular flexibility index (Phi) is 5.06. The van der Waals surface area contributed by atoms with Crippen molar-refractivity contribution in [2.75, 3.05) is 13.1 Å². The Hall–Kier alpha value is -0.920. The van der Waals surface area contributed by atoms with Crippen LogP contribution in [0, 0.1) is 13.8 Å². The largest absolute Gasteiger partial charge is 0.360 e. The highest BCUT2D eigenvalue weighted by Gasteiger charge is 2.27. The topological polar surface area (TPSA) is 75.4 Å². The van der Waals surface area contributed by atoms with Crippen molar-refractivity contribution in [1.82, 2.24) is 14.8 Å². The molecule has 1 fully saturated rings. The first-order valence-electron chi connectivity index (χ1n) is 7.51. The fraction of sp³-hybridized carbons (Fsp3) is 0.786. The molecule has 1 N–H and O–H groups in total. The number of nitrogens with one attached hydrogen (secondary N) is 1. The van der Waals surface area contributed by atoms with Crippen LogP contribution in [-0.2, 0) is 10.0 Å². The summed E-state index contributed by atoms with van der Waals surface area (Å²) in [5.74, 6) is 0.332. The van der Waals surface area contributed by atoms with Crippen LogP contribution in [0.15, 0.2) is 9.42 Å². The van der Waals surface area contributed by atoms with Gasteiger partial charge in [0, 0.05) is 18.6 Å². The molecular formula is C14H25N3O3S. The summed E-state index contributed by atoms with van der Waals surface area (Å²) < 4.78 is 32.4. The first-order chi connectivity index (χ1) is 9.83. The molecule has 1 saturated heterocycles. The number of hydrogen-bond acceptors (Lipinski definition) is 5. The zero-order valence-corrected chi connectivity index (χ0v) is 14.0. The zero-order valence-electron chi connectivity index (χ0n) is 13.2. The molecule has 21 heavy (non-hydrogen) atoms. The summed E-state index contributed by atoms with van der Waals surface area (Å²) in [5, 5.41) is 3.71. The minimum absolute atomic E-state index is 0.168. The lowest BCUT2D eigenvalue weighted by Gasteiger charge is -2.38. The number of likely N-dealkylation sites (tertiary alicyclic amines) is 1. The molecule has 0 spiro atoms.